The fraction of sp³-hybridized carbons (Fsp3) is 0.111. The van der Waals surface area contributed by atoms with Crippen molar-refractivity contribution < 1.29 is 19.1 Å². The predicted molar refractivity (Wildman–Crippen MR) is 127 cm³/mol. The second-order valence-corrected chi connectivity index (χ2v) is 8.20. The molecule has 5 rings (SSSR count). The molecule has 8 heteroatoms. The number of benzene rings is 2. The first kappa shape index (κ1) is 22.2. The van der Waals surface area contributed by atoms with Crippen LogP contribution in [-0.4, -0.2) is 36.5 Å². The number of ketones is 1. The summed E-state index contributed by atoms with van der Waals surface area (Å²) >= 11 is 0. The highest BCUT2D eigenvalue weighted by molar-refractivity contribution is 6.46. The van der Waals surface area contributed by atoms with Crippen molar-refractivity contribution in [2.45, 2.75) is 19.5 Å². The van der Waals surface area contributed by atoms with Crippen molar-refractivity contribution in [1.29, 1.82) is 0 Å². The van der Waals surface area contributed by atoms with Crippen molar-refractivity contribution in [2.24, 2.45) is 0 Å². The maximum absolute atomic E-state index is 15.0. The molecular formula is C27H21FN4O3. The van der Waals surface area contributed by atoms with Crippen molar-refractivity contribution in [3.05, 3.63) is 119 Å². The molecule has 1 amide bonds. The van der Waals surface area contributed by atoms with Crippen molar-refractivity contribution >= 4 is 17.4 Å². The first-order valence-electron chi connectivity index (χ1n) is 11.0. The van der Waals surface area contributed by atoms with Gasteiger partial charge in [-0.1, -0.05) is 42.5 Å². The number of aliphatic hydroxyl groups is 1. The van der Waals surface area contributed by atoms with Gasteiger partial charge in [-0.3, -0.25) is 14.6 Å². The topological polar surface area (TPSA) is 88.3 Å². The van der Waals surface area contributed by atoms with Crippen molar-refractivity contribution in [3.8, 4) is 5.69 Å². The number of aromatic nitrogens is 3. The Labute approximate surface area is 200 Å². The number of amides is 1. The van der Waals surface area contributed by atoms with Crippen molar-refractivity contribution in [3.63, 3.8) is 0 Å². The van der Waals surface area contributed by atoms with E-state index in [9.17, 15) is 19.1 Å². The number of para-hydroxylation sites is 1. The summed E-state index contributed by atoms with van der Waals surface area (Å²) in [6, 6.07) is 17.6. The molecule has 35 heavy (non-hydrogen) atoms. The molecule has 0 radical (unpaired) electrons. The highest BCUT2D eigenvalue weighted by Gasteiger charge is 2.47. The number of nitrogens with zero attached hydrogens (tertiary/aromatic N) is 4. The van der Waals surface area contributed by atoms with Crippen LogP contribution >= 0.6 is 0 Å². The van der Waals surface area contributed by atoms with Crippen LogP contribution < -0.4 is 0 Å². The van der Waals surface area contributed by atoms with E-state index in [2.05, 4.69) is 10.1 Å². The van der Waals surface area contributed by atoms with Gasteiger partial charge in [0.1, 0.15) is 11.6 Å². The molecular weight excluding hydrogens is 447 g/mol. The highest BCUT2D eigenvalue weighted by Crippen LogP contribution is 2.41. The summed E-state index contributed by atoms with van der Waals surface area (Å²) in [5.41, 5.74) is 2.23. The van der Waals surface area contributed by atoms with E-state index in [1.54, 1.807) is 42.2 Å². The number of pyridine rings is 1. The number of aliphatic hydroxyl groups excluding tert-OH is 1. The average molecular weight is 468 g/mol. The second-order valence-electron chi connectivity index (χ2n) is 8.20. The fourth-order valence-corrected chi connectivity index (χ4v) is 4.37. The van der Waals surface area contributed by atoms with Gasteiger partial charge in [0.25, 0.3) is 11.7 Å². The number of carbonyl (C=O) groups excluding carboxylic acids is 2. The zero-order chi connectivity index (χ0) is 24.5. The molecule has 1 fully saturated rings. The first-order chi connectivity index (χ1) is 17.0. The summed E-state index contributed by atoms with van der Waals surface area (Å²) in [7, 11) is 0. The third-order valence-corrected chi connectivity index (χ3v) is 6.08. The van der Waals surface area contributed by atoms with E-state index in [0.717, 1.165) is 5.69 Å². The van der Waals surface area contributed by atoms with E-state index in [1.807, 2.05) is 30.3 Å². The van der Waals surface area contributed by atoms with Gasteiger partial charge in [-0.25, -0.2) is 9.07 Å². The van der Waals surface area contributed by atoms with Gasteiger partial charge in [-0.15, -0.1) is 0 Å². The van der Waals surface area contributed by atoms with Gasteiger partial charge >= 0.3 is 0 Å². The fourth-order valence-electron chi connectivity index (χ4n) is 4.37. The van der Waals surface area contributed by atoms with Crippen LogP contribution in [0.3, 0.4) is 0 Å². The SMILES string of the molecule is Cc1c(/C(O)=C2\C(=O)C(=O)N(Cc3cccnc3)C2c2ccccc2F)cnn1-c1ccccc1. The number of hydrogen-bond donors (Lipinski definition) is 1. The standard InChI is InChI=1S/C27H21FN4O3/c1-17-21(15-30-32(17)19-9-3-2-4-10-19)25(33)23-24(20-11-5-6-12-22(20)28)31(27(35)26(23)34)16-18-8-7-13-29-14-18/h2-15,24,33H,16H2,1H3/b25-23+. The minimum absolute atomic E-state index is 0.0243. The Morgan fingerprint density at radius 1 is 1.00 bits per heavy atom. The van der Waals surface area contributed by atoms with E-state index in [-0.39, 0.29) is 23.2 Å². The Morgan fingerprint density at radius 2 is 1.74 bits per heavy atom. The monoisotopic (exact) mass is 468 g/mol. The smallest absolute Gasteiger partial charge is 0.295 e. The predicted octanol–water partition coefficient (Wildman–Crippen LogP) is 4.34. The Balaban J connectivity index is 1.66. The van der Waals surface area contributed by atoms with Gasteiger partial charge in [0.15, 0.2) is 0 Å². The van der Waals surface area contributed by atoms with Gasteiger partial charge in [0, 0.05) is 24.5 Å². The minimum atomic E-state index is -1.11. The molecule has 0 spiro atoms. The minimum Gasteiger partial charge on any atom is -0.507 e. The number of Topliss-reactive ketones (excluding diaryl/α,β-unsaturated/α-hetero) is 1. The lowest BCUT2D eigenvalue weighted by molar-refractivity contribution is -0.140. The Kier molecular flexibility index (Phi) is 5.70. The van der Waals surface area contributed by atoms with Crippen LogP contribution in [0.25, 0.3) is 11.4 Å². The Hall–Kier alpha value is -4.59. The van der Waals surface area contributed by atoms with Crippen LogP contribution in [-0.2, 0) is 16.1 Å². The molecule has 1 N–H and O–H groups in total. The van der Waals surface area contributed by atoms with E-state index >= 15 is 0 Å². The van der Waals surface area contributed by atoms with Crippen LogP contribution in [0.4, 0.5) is 4.39 Å². The summed E-state index contributed by atoms with van der Waals surface area (Å²) in [6.45, 7) is 1.77. The first-order valence-corrected chi connectivity index (χ1v) is 11.0. The maximum atomic E-state index is 15.0. The lowest BCUT2D eigenvalue weighted by Crippen LogP contribution is -2.29. The zero-order valence-corrected chi connectivity index (χ0v) is 18.8. The van der Waals surface area contributed by atoms with Crippen molar-refractivity contribution in [1.82, 2.24) is 19.7 Å². The summed E-state index contributed by atoms with van der Waals surface area (Å²) in [5.74, 6) is -2.69. The molecule has 0 aliphatic carbocycles. The highest BCUT2D eigenvalue weighted by atomic mass is 19.1. The largest absolute Gasteiger partial charge is 0.507 e. The van der Waals surface area contributed by atoms with Crippen LogP contribution in [0, 0.1) is 12.7 Å². The van der Waals surface area contributed by atoms with Gasteiger partial charge in [0.05, 0.1) is 34.8 Å². The molecule has 1 aliphatic heterocycles. The van der Waals surface area contributed by atoms with Gasteiger partial charge in [-0.05, 0) is 36.8 Å². The molecule has 1 aliphatic rings. The van der Waals surface area contributed by atoms with Crippen LogP contribution in [0.1, 0.15) is 28.4 Å². The van der Waals surface area contributed by atoms with Crippen molar-refractivity contribution in [2.75, 3.05) is 0 Å². The average Bonchev–Trinajstić information content (AvgIpc) is 3.38. The molecule has 1 atom stereocenters. The Morgan fingerprint density at radius 3 is 2.46 bits per heavy atom. The normalized spacial score (nSPS) is 17.2. The molecule has 3 heterocycles. The van der Waals surface area contributed by atoms with E-state index < -0.39 is 29.3 Å². The van der Waals surface area contributed by atoms with Crippen LogP contribution in [0.2, 0.25) is 0 Å². The zero-order valence-electron chi connectivity index (χ0n) is 18.8. The van der Waals surface area contributed by atoms with Gasteiger partial charge < -0.3 is 10.0 Å². The van der Waals surface area contributed by atoms with Gasteiger partial charge in [-0.2, -0.15) is 5.10 Å². The second kappa shape index (κ2) is 8.98. The maximum Gasteiger partial charge on any atom is 0.295 e. The van der Waals surface area contributed by atoms with E-state index in [4.69, 9.17) is 0 Å². The molecule has 1 unspecified atom stereocenters. The molecule has 4 aromatic rings. The van der Waals surface area contributed by atoms with E-state index in [0.29, 0.717) is 11.3 Å². The quantitative estimate of drug-likeness (QED) is 0.268. The number of hydrogen-bond acceptors (Lipinski definition) is 5. The van der Waals surface area contributed by atoms with Crippen LogP contribution in [0.15, 0.2) is 90.9 Å². The molecule has 0 saturated carbocycles. The summed E-state index contributed by atoms with van der Waals surface area (Å²) < 4.78 is 16.6. The number of rotatable bonds is 5. The third kappa shape index (κ3) is 3.89. The van der Waals surface area contributed by atoms with Gasteiger partial charge in [0.2, 0.25) is 0 Å². The van der Waals surface area contributed by atoms with E-state index in [1.165, 1.54) is 29.3 Å². The lowest BCUT2D eigenvalue weighted by Gasteiger charge is -2.25. The van der Waals surface area contributed by atoms with Crippen LogP contribution in [0.5, 0.6) is 0 Å². The molecule has 2 aromatic carbocycles. The number of carbonyl (C=O) groups is 2. The Bertz CT molecular complexity index is 1450. The molecule has 7 nitrogen and oxygen atoms in total. The molecule has 174 valence electrons. The third-order valence-electron chi connectivity index (χ3n) is 6.08. The molecule has 2 aromatic heterocycles. The lowest BCUT2D eigenvalue weighted by atomic mass is 9.95. The summed E-state index contributed by atoms with van der Waals surface area (Å²) in [6.07, 6.45) is 4.61. The summed E-state index contributed by atoms with van der Waals surface area (Å²) in [5, 5.41) is 15.7. The summed E-state index contributed by atoms with van der Waals surface area (Å²) in [4.78, 5) is 31.7. The molecule has 0 bridgehead atoms. The number of likely N-dealkylation sites (tertiary alicyclic amines) is 1. The molecule has 1 saturated heterocycles. The number of halogens is 1.